The molecule has 0 bridgehead atoms. The normalized spacial score (nSPS) is 36.7. The molecule has 0 amide bonds. The predicted octanol–water partition coefficient (Wildman–Crippen LogP) is 1.78. The topological polar surface area (TPSA) is 12.0 Å². The number of nitrogens with one attached hydrogen (secondary N) is 1. The Kier molecular flexibility index (Phi) is 2.52. The lowest BCUT2D eigenvalue weighted by molar-refractivity contribution is 0.317. The Balaban J connectivity index is 2.18. The monoisotopic (exact) mass is 127 g/mol. The third-order valence-corrected chi connectivity index (χ3v) is 2.34. The summed E-state index contributed by atoms with van der Waals surface area (Å²) in [6.45, 7) is 5.80. The molecule has 9 heavy (non-hydrogen) atoms. The van der Waals surface area contributed by atoms with Crippen molar-refractivity contribution in [3.05, 3.63) is 0 Å². The summed E-state index contributed by atoms with van der Waals surface area (Å²) in [5.74, 6) is 0.959. The molecule has 1 fully saturated rings. The molecule has 54 valence electrons. The molecule has 0 radical (unpaired) electrons. The Morgan fingerprint density at radius 2 is 2.22 bits per heavy atom. The van der Waals surface area contributed by atoms with Crippen LogP contribution in [0.1, 0.15) is 33.1 Å². The summed E-state index contributed by atoms with van der Waals surface area (Å²) in [6.07, 6.45) is 4.16. The van der Waals surface area contributed by atoms with Gasteiger partial charge in [0.25, 0.3) is 0 Å². The quantitative estimate of drug-likeness (QED) is 0.566. The number of piperidine rings is 1. The Morgan fingerprint density at radius 3 is 2.67 bits per heavy atom. The number of rotatable bonds is 1. The van der Waals surface area contributed by atoms with Gasteiger partial charge in [-0.15, -0.1) is 0 Å². The molecule has 1 heterocycles. The highest BCUT2D eigenvalue weighted by molar-refractivity contribution is 4.73. The van der Waals surface area contributed by atoms with Crippen molar-refractivity contribution < 1.29 is 0 Å². The van der Waals surface area contributed by atoms with Crippen LogP contribution in [0.5, 0.6) is 0 Å². The highest BCUT2D eigenvalue weighted by Gasteiger charge is 2.14. The van der Waals surface area contributed by atoms with Crippen molar-refractivity contribution in [1.82, 2.24) is 5.32 Å². The van der Waals surface area contributed by atoms with Crippen molar-refractivity contribution in [2.45, 2.75) is 39.2 Å². The van der Waals surface area contributed by atoms with E-state index in [-0.39, 0.29) is 0 Å². The zero-order chi connectivity index (χ0) is 6.69. The van der Waals surface area contributed by atoms with Crippen LogP contribution in [0.3, 0.4) is 0 Å². The van der Waals surface area contributed by atoms with E-state index in [1.54, 1.807) is 0 Å². The largest absolute Gasteiger partial charge is 0.314 e. The second kappa shape index (κ2) is 3.21. The lowest BCUT2D eigenvalue weighted by atomic mass is 9.94. The first-order valence-corrected chi connectivity index (χ1v) is 4.06. The summed E-state index contributed by atoms with van der Waals surface area (Å²) in [6, 6.07) is 0.771. The van der Waals surface area contributed by atoms with Gasteiger partial charge in [-0.2, -0.15) is 0 Å². The first kappa shape index (κ1) is 7.07. The van der Waals surface area contributed by atoms with E-state index in [0.717, 1.165) is 12.0 Å². The van der Waals surface area contributed by atoms with E-state index in [1.165, 1.54) is 25.8 Å². The number of hydrogen-bond acceptors (Lipinski definition) is 1. The fourth-order valence-electron chi connectivity index (χ4n) is 1.41. The second-order valence-corrected chi connectivity index (χ2v) is 3.16. The summed E-state index contributed by atoms with van der Waals surface area (Å²) in [7, 11) is 0. The second-order valence-electron chi connectivity index (χ2n) is 3.16. The summed E-state index contributed by atoms with van der Waals surface area (Å²) < 4.78 is 0. The minimum atomic E-state index is 0.771. The van der Waals surface area contributed by atoms with Crippen molar-refractivity contribution in [2.75, 3.05) is 6.54 Å². The van der Waals surface area contributed by atoms with Gasteiger partial charge in [0.1, 0.15) is 0 Å². The highest BCUT2D eigenvalue weighted by atomic mass is 14.9. The molecule has 2 unspecified atom stereocenters. The van der Waals surface area contributed by atoms with Gasteiger partial charge < -0.3 is 5.32 Å². The van der Waals surface area contributed by atoms with Gasteiger partial charge in [-0.25, -0.2) is 0 Å². The van der Waals surface area contributed by atoms with E-state index in [9.17, 15) is 0 Å². The van der Waals surface area contributed by atoms with Crippen molar-refractivity contribution in [3.8, 4) is 0 Å². The maximum Gasteiger partial charge on any atom is 0.00389 e. The lowest BCUT2D eigenvalue weighted by Crippen LogP contribution is -2.36. The van der Waals surface area contributed by atoms with E-state index >= 15 is 0 Å². The molecule has 1 aliphatic rings. The van der Waals surface area contributed by atoms with E-state index in [2.05, 4.69) is 19.2 Å². The molecule has 1 aliphatic heterocycles. The van der Waals surface area contributed by atoms with E-state index < -0.39 is 0 Å². The van der Waals surface area contributed by atoms with Gasteiger partial charge in [-0.3, -0.25) is 0 Å². The van der Waals surface area contributed by atoms with Crippen LogP contribution < -0.4 is 5.32 Å². The molecule has 0 aromatic rings. The van der Waals surface area contributed by atoms with Gasteiger partial charge in [-0.1, -0.05) is 13.3 Å². The van der Waals surface area contributed by atoms with Crippen LogP contribution in [-0.4, -0.2) is 12.6 Å². The molecule has 2 atom stereocenters. The van der Waals surface area contributed by atoms with Crippen LogP contribution in [0.2, 0.25) is 0 Å². The predicted molar refractivity (Wildman–Crippen MR) is 40.5 cm³/mol. The van der Waals surface area contributed by atoms with Crippen molar-refractivity contribution in [3.63, 3.8) is 0 Å². The molecule has 1 nitrogen and oxygen atoms in total. The SMILES string of the molecule is CCC1CCC(C)NC1. The average Bonchev–Trinajstić information content (AvgIpc) is 1.90. The van der Waals surface area contributed by atoms with E-state index in [4.69, 9.17) is 0 Å². The molecular formula is C8H17N. The molecule has 1 saturated heterocycles. The summed E-state index contributed by atoms with van der Waals surface area (Å²) in [4.78, 5) is 0. The van der Waals surface area contributed by atoms with Crippen molar-refractivity contribution in [2.24, 2.45) is 5.92 Å². The fourth-order valence-corrected chi connectivity index (χ4v) is 1.41. The summed E-state index contributed by atoms with van der Waals surface area (Å²) in [5.41, 5.74) is 0. The Bertz CT molecular complexity index is 72.6. The van der Waals surface area contributed by atoms with E-state index in [1.807, 2.05) is 0 Å². The summed E-state index contributed by atoms with van der Waals surface area (Å²) >= 11 is 0. The standard InChI is InChI=1S/C8H17N/c1-3-8-5-4-7(2)9-6-8/h7-9H,3-6H2,1-2H3. The molecule has 0 aliphatic carbocycles. The Hall–Kier alpha value is -0.0400. The van der Waals surface area contributed by atoms with Gasteiger partial charge in [0.2, 0.25) is 0 Å². The maximum atomic E-state index is 3.48. The third-order valence-electron chi connectivity index (χ3n) is 2.34. The smallest absolute Gasteiger partial charge is 0.00389 e. The molecule has 0 saturated carbocycles. The van der Waals surface area contributed by atoms with Crippen LogP contribution >= 0.6 is 0 Å². The molecule has 1 N–H and O–H groups in total. The molecule has 0 aromatic heterocycles. The highest BCUT2D eigenvalue weighted by Crippen LogP contribution is 2.16. The lowest BCUT2D eigenvalue weighted by Gasteiger charge is -2.26. The van der Waals surface area contributed by atoms with Crippen LogP contribution in [0.15, 0.2) is 0 Å². The van der Waals surface area contributed by atoms with Gasteiger partial charge in [-0.05, 0) is 32.2 Å². The van der Waals surface area contributed by atoms with Crippen LogP contribution in [-0.2, 0) is 0 Å². The zero-order valence-corrected chi connectivity index (χ0v) is 6.48. The fraction of sp³-hybridized carbons (Fsp3) is 1.00. The summed E-state index contributed by atoms with van der Waals surface area (Å²) in [5, 5.41) is 3.48. The van der Waals surface area contributed by atoms with Crippen LogP contribution in [0, 0.1) is 5.92 Å². The molecule has 1 rings (SSSR count). The molecule has 0 aromatic carbocycles. The minimum absolute atomic E-state index is 0.771. The van der Waals surface area contributed by atoms with Crippen molar-refractivity contribution in [1.29, 1.82) is 0 Å². The van der Waals surface area contributed by atoms with Crippen LogP contribution in [0.25, 0.3) is 0 Å². The third kappa shape index (κ3) is 1.98. The van der Waals surface area contributed by atoms with Gasteiger partial charge in [0, 0.05) is 6.04 Å². The first-order chi connectivity index (χ1) is 4.33. The maximum absolute atomic E-state index is 3.48. The average molecular weight is 127 g/mol. The Labute approximate surface area is 57.8 Å². The van der Waals surface area contributed by atoms with Gasteiger partial charge in [0.15, 0.2) is 0 Å². The first-order valence-electron chi connectivity index (χ1n) is 4.06. The van der Waals surface area contributed by atoms with Crippen molar-refractivity contribution >= 4 is 0 Å². The van der Waals surface area contributed by atoms with E-state index in [0.29, 0.717) is 0 Å². The zero-order valence-electron chi connectivity index (χ0n) is 6.48. The van der Waals surface area contributed by atoms with Crippen LogP contribution in [0.4, 0.5) is 0 Å². The molecule has 1 heteroatoms. The molecule has 0 spiro atoms. The van der Waals surface area contributed by atoms with Gasteiger partial charge >= 0.3 is 0 Å². The van der Waals surface area contributed by atoms with Gasteiger partial charge in [0.05, 0.1) is 0 Å². The minimum Gasteiger partial charge on any atom is -0.314 e. The number of hydrogen-bond donors (Lipinski definition) is 1. The molecular weight excluding hydrogens is 110 g/mol. The Morgan fingerprint density at radius 1 is 1.44 bits per heavy atom.